The molecule has 0 spiro atoms. The Hall–Kier alpha value is -2.66. The van der Waals surface area contributed by atoms with Gasteiger partial charge < -0.3 is 0 Å². The van der Waals surface area contributed by atoms with E-state index in [9.17, 15) is 10.1 Å². The molecule has 0 fully saturated rings. The van der Waals surface area contributed by atoms with E-state index in [4.69, 9.17) is 11.6 Å². The molecule has 1 aromatic heterocycles. The molecule has 5 nitrogen and oxygen atoms in total. The normalized spacial score (nSPS) is 10.5. The summed E-state index contributed by atoms with van der Waals surface area (Å²) in [6.45, 7) is 0. The number of nitrogens with zero attached hydrogens (tertiary/aromatic N) is 3. The van der Waals surface area contributed by atoms with Crippen molar-refractivity contribution in [3.05, 3.63) is 76.1 Å². The fourth-order valence-electron chi connectivity index (χ4n) is 2.05. The molecule has 0 aliphatic heterocycles. The molecule has 0 unspecified atom stereocenters. The highest BCUT2D eigenvalue weighted by Gasteiger charge is 2.09. The van der Waals surface area contributed by atoms with Crippen molar-refractivity contribution in [1.29, 1.82) is 0 Å². The number of nitro groups is 1. The van der Waals surface area contributed by atoms with Crippen molar-refractivity contribution in [2.45, 2.75) is 0 Å². The van der Waals surface area contributed by atoms with Gasteiger partial charge in [0.15, 0.2) is 0 Å². The van der Waals surface area contributed by atoms with Crippen LogP contribution in [0.25, 0.3) is 16.8 Å². The molecule has 0 aliphatic carbocycles. The zero-order valence-electron chi connectivity index (χ0n) is 10.8. The highest BCUT2D eigenvalue weighted by atomic mass is 35.5. The van der Waals surface area contributed by atoms with Crippen LogP contribution in [0.2, 0.25) is 5.02 Å². The SMILES string of the molecule is O=[N+]([O-])c1cccc(-n2cc(-c3ccccc3Cl)cn2)c1. The van der Waals surface area contributed by atoms with Crippen LogP contribution in [0, 0.1) is 10.1 Å². The lowest BCUT2D eigenvalue weighted by molar-refractivity contribution is -0.384. The molecule has 0 saturated carbocycles. The number of rotatable bonds is 3. The number of nitro benzene ring substituents is 1. The second kappa shape index (κ2) is 5.38. The number of benzene rings is 2. The highest BCUT2D eigenvalue weighted by Crippen LogP contribution is 2.28. The largest absolute Gasteiger partial charge is 0.271 e. The first-order valence-corrected chi connectivity index (χ1v) is 6.57. The Kier molecular flexibility index (Phi) is 3.41. The molecule has 3 aromatic rings. The van der Waals surface area contributed by atoms with E-state index in [-0.39, 0.29) is 5.69 Å². The summed E-state index contributed by atoms with van der Waals surface area (Å²) in [6.07, 6.45) is 3.47. The minimum atomic E-state index is -0.429. The zero-order valence-corrected chi connectivity index (χ0v) is 11.6. The third kappa shape index (κ3) is 2.64. The highest BCUT2D eigenvalue weighted by molar-refractivity contribution is 6.33. The fraction of sp³-hybridized carbons (Fsp3) is 0. The summed E-state index contributed by atoms with van der Waals surface area (Å²) >= 11 is 6.15. The van der Waals surface area contributed by atoms with Crippen molar-refractivity contribution in [3.63, 3.8) is 0 Å². The van der Waals surface area contributed by atoms with Crippen LogP contribution in [0.3, 0.4) is 0 Å². The van der Waals surface area contributed by atoms with E-state index in [0.29, 0.717) is 10.7 Å². The number of aromatic nitrogens is 2. The van der Waals surface area contributed by atoms with E-state index in [2.05, 4.69) is 5.10 Å². The Balaban J connectivity index is 2.01. The van der Waals surface area contributed by atoms with Gasteiger partial charge in [-0.05, 0) is 12.1 Å². The molecule has 0 amide bonds. The lowest BCUT2D eigenvalue weighted by Gasteiger charge is -2.01. The van der Waals surface area contributed by atoms with Crippen LogP contribution in [0.15, 0.2) is 60.9 Å². The first kappa shape index (κ1) is 13.3. The molecule has 0 N–H and O–H groups in total. The summed E-state index contributed by atoms with van der Waals surface area (Å²) in [5, 5.41) is 15.7. The van der Waals surface area contributed by atoms with Crippen molar-refractivity contribution in [1.82, 2.24) is 9.78 Å². The van der Waals surface area contributed by atoms with Gasteiger partial charge in [-0.15, -0.1) is 0 Å². The molecule has 0 atom stereocenters. The van der Waals surface area contributed by atoms with Gasteiger partial charge in [-0.1, -0.05) is 35.9 Å². The van der Waals surface area contributed by atoms with Gasteiger partial charge in [-0.25, -0.2) is 4.68 Å². The second-order valence-corrected chi connectivity index (χ2v) is 4.84. The van der Waals surface area contributed by atoms with E-state index >= 15 is 0 Å². The van der Waals surface area contributed by atoms with Crippen LogP contribution in [0.1, 0.15) is 0 Å². The third-order valence-corrected chi connectivity index (χ3v) is 3.40. The Labute approximate surface area is 125 Å². The molecule has 21 heavy (non-hydrogen) atoms. The molecule has 0 aliphatic rings. The van der Waals surface area contributed by atoms with Gasteiger partial charge in [0, 0.05) is 34.5 Å². The summed E-state index contributed by atoms with van der Waals surface area (Å²) in [7, 11) is 0. The number of halogens is 1. The topological polar surface area (TPSA) is 61.0 Å². The summed E-state index contributed by atoms with van der Waals surface area (Å²) in [5.41, 5.74) is 2.38. The minimum absolute atomic E-state index is 0.0299. The van der Waals surface area contributed by atoms with Gasteiger partial charge in [-0.3, -0.25) is 10.1 Å². The van der Waals surface area contributed by atoms with E-state index < -0.39 is 4.92 Å². The Bertz CT molecular complexity index is 814. The Morgan fingerprint density at radius 1 is 1.14 bits per heavy atom. The fourth-order valence-corrected chi connectivity index (χ4v) is 2.29. The maximum Gasteiger partial charge on any atom is 0.271 e. The molecule has 0 saturated heterocycles. The van der Waals surface area contributed by atoms with Gasteiger partial charge in [0.25, 0.3) is 5.69 Å². The van der Waals surface area contributed by atoms with Crippen molar-refractivity contribution < 1.29 is 4.92 Å². The molecule has 104 valence electrons. The minimum Gasteiger partial charge on any atom is -0.258 e. The summed E-state index contributed by atoms with van der Waals surface area (Å²) in [6, 6.07) is 13.8. The average molecular weight is 300 g/mol. The number of hydrogen-bond acceptors (Lipinski definition) is 3. The summed E-state index contributed by atoms with van der Waals surface area (Å²) in [5.74, 6) is 0. The van der Waals surface area contributed by atoms with Crippen LogP contribution >= 0.6 is 11.6 Å². The standard InChI is InChI=1S/C15H10ClN3O2/c16-15-7-2-1-6-14(15)11-9-17-18(10-11)12-4-3-5-13(8-12)19(20)21/h1-10H. The second-order valence-electron chi connectivity index (χ2n) is 4.43. The lowest BCUT2D eigenvalue weighted by atomic mass is 10.1. The maximum absolute atomic E-state index is 10.8. The van der Waals surface area contributed by atoms with Gasteiger partial charge >= 0.3 is 0 Å². The van der Waals surface area contributed by atoms with Crippen LogP contribution < -0.4 is 0 Å². The van der Waals surface area contributed by atoms with Gasteiger partial charge in [0.05, 0.1) is 16.8 Å². The summed E-state index contributed by atoms with van der Waals surface area (Å²) < 4.78 is 1.59. The van der Waals surface area contributed by atoms with Crippen LogP contribution in [0.4, 0.5) is 5.69 Å². The third-order valence-electron chi connectivity index (χ3n) is 3.07. The van der Waals surface area contributed by atoms with Gasteiger partial charge in [0.1, 0.15) is 0 Å². The average Bonchev–Trinajstić information content (AvgIpc) is 2.97. The molecular formula is C15H10ClN3O2. The molecule has 0 bridgehead atoms. The predicted molar refractivity (Wildman–Crippen MR) is 80.7 cm³/mol. The van der Waals surface area contributed by atoms with E-state index in [1.165, 1.54) is 12.1 Å². The van der Waals surface area contributed by atoms with E-state index in [1.54, 1.807) is 29.2 Å². The first-order valence-electron chi connectivity index (χ1n) is 6.19. The maximum atomic E-state index is 10.8. The van der Waals surface area contributed by atoms with Crippen molar-refractivity contribution >= 4 is 17.3 Å². The Morgan fingerprint density at radius 3 is 2.71 bits per heavy atom. The van der Waals surface area contributed by atoms with E-state index in [1.807, 2.05) is 24.3 Å². The van der Waals surface area contributed by atoms with E-state index in [0.717, 1.165) is 11.1 Å². The Morgan fingerprint density at radius 2 is 1.95 bits per heavy atom. The van der Waals surface area contributed by atoms with Gasteiger partial charge in [-0.2, -0.15) is 5.10 Å². The quantitative estimate of drug-likeness (QED) is 0.540. The molecule has 0 radical (unpaired) electrons. The zero-order chi connectivity index (χ0) is 14.8. The predicted octanol–water partition coefficient (Wildman–Crippen LogP) is 4.10. The molecule has 3 rings (SSSR count). The smallest absolute Gasteiger partial charge is 0.258 e. The van der Waals surface area contributed by atoms with Gasteiger partial charge in [0.2, 0.25) is 0 Å². The number of hydrogen-bond donors (Lipinski definition) is 0. The van der Waals surface area contributed by atoms with Crippen molar-refractivity contribution in [2.24, 2.45) is 0 Å². The van der Waals surface area contributed by atoms with Crippen LogP contribution in [-0.2, 0) is 0 Å². The molecular weight excluding hydrogens is 290 g/mol. The van der Waals surface area contributed by atoms with Crippen LogP contribution in [0.5, 0.6) is 0 Å². The molecule has 2 aromatic carbocycles. The van der Waals surface area contributed by atoms with Crippen molar-refractivity contribution in [3.8, 4) is 16.8 Å². The molecule has 1 heterocycles. The molecule has 6 heteroatoms. The summed E-state index contributed by atoms with van der Waals surface area (Å²) in [4.78, 5) is 10.4. The van der Waals surface area contributed by atoms with Crippen LogP contribution in [-0.4, -0.2) is 14.7 Å². The van der Waals surface area contributed by atoms with Crippen molar-refractivity contribution in [2.75, 3.05) is 0 Å². The number of non-ortho nitro benzene ring substituents is 1. The first-order chi connectivity index (χ1) is 10.1. The monoisotopic (exact) mass is 299 g/mol. The lowest BCUT2D eigenvalue weighted by Crippen LogP contribution is -1.95.